The van der Waals surface area contributed by atoms with Gasteiger partial charge in [0.1, 0.15) is 6.33 Å². The third-order valence-corrected chi connectivity index (χ3v) is 3.83. The lowest BCUT2D eigenvalue weighted by atomic mass is 10.1. The second kappa shape index (κ2) is 7.88. The third kappa shape index (κ3) is 4.11. The van der Waals surface area contributed by atoms with Gasteiger partial charge in [0.05, 0.1) is 11.7 Å². The van der Waals surface area contributed by atoms with Gasteiger partial charge in [-0.1, -0.05) is 20.8 Å². The van der Waals surface area contributed by atoms with Gasteiger partial charge < -0.3 is 5.32 Å². The lowest BCUT2D eigenvalue weighted by Gasteiger charge is -2.17. The molecule has 0 radical (unpaired) electrons. The number of aromatic nitrogens is 4. The first-order valence-electron chi connectivity index (χ1n) is 7.80. The van der Waals surface area contributed by atoms with Crippen LogP contribution in [0, 0.1) is 0 Å². The van der Waals surface area contributed by atoms with Crippen molar-refractivity contribution in [3.8, 4) is 0 Å². The Morgan fingerprint density at radius 3 is 2.48 bits per heavy atom. The van der Waals surface area contributed by atoms with Crippen molar-refractivity contribution in [1.29, 1.82) is 0 Å². The van der Waals surface area contributed by atoms with Crippen LogP contribution in [0.3, 0.4) is 0 Å². The van der Waals surface area contributed by atoms with E-state index in [2.05, 4.69) is 53.0 Å². The molecular formula is C16H25N5. The molecule has 2 rings (SSSR count). The molecule has 2 aromatic heterocycles. The Balaban J connectivity index is 2.11. The van der Waals surface area contributed by atoms with Crippen molar-refractivity contribution in [1.82, 2.24) is 25.1 Å². The van der Waals surface area contributed by atoms with E-state index >= 15 is 0 Å². The predicted molar refractivity (Wildman–Crippen MR) is 84.0 cm³/mol. The van der Waals surface area contributed by atoms with E-state index < -0.39 is 0 Å². The summed E-state index contributed by atoms with van der Waals surface area (Å²) in [5.41, 5.74) is 2.22. The molecule has 5 nitrogen and oxygen atoms in total. The van der Waals surface area contributed by atoms with Crippen LogP contribution >= 0.6 is 0 Å². The summed E-state index contributed by atoms with van der Waals surface area (Å²) < 4.78 is 2.10. The van der Waals surface area contributed by atoms with Gasteiger partial charge in [0.25, 0.3) is 0 Å². The summed E-state index contributed by atoms with van der Waals surface area (Å²) in [5, 5.41) is 8.22. The Labute approximate surface area is 126 Å². The van der Waals surface area contributed by atoms with Gasteiger partial charge >= 0.3 is 0 Å². The van der Waals surface area contributed by atoms with E-state index in [1.54, 1.807) is 6.33 Å². The van der Waals surface area contributed by atoms with Crippen molar-refractivity contribution in [3.63, 3.8) is 0 Å². The molecule has 21 heavy (non-hydrogen) atoms. The predicted octanol–water partition coefficient (Wildman–Crippen LogP) is 2.93. The van der Waals surface area contributed by atoms with E-state index in [9.17, 15) is 0 Å². The minimum absolute atomic E-state index is 0.209. The van der Waals surface area contributed by atoms with E-state index in [0.717, 1.165) is 37.1 Å². The maximum atomic E-state index is 4.74. The van der Waals surface area contributed by atoms with Crippen molar-refractivity contribution in [3.05, 3.63) is 42.2 Å². The van der Waals surface area contributed by atoms with E-state index in [1.165, 1.54) is 0 Å². The third-order valence-electron chi connectivity index (χ3n) is 3.83. The normalized spacial score (nSPS) is 12.8. The summed E-state index contributed by atoms with van der Waals surface area (Å²) in [6, 6.07) is 2.82. The molecule has 0 saturated carbocycles. The van der Waals surface area contributed by atoms with Crippen molar-refractivity contribution in [2.24, 2.45) is 0 Å². The van der Waals surface area contributed by atoms with Crippen molar-refractivity contribution >= 4 is 0 Å². The van der Waals surface area contributed by atoms with Gasteiger partial charge in [-0.25, -0.2) is 9.97 Å². The van der Waals surface area contributed by atoms with Gasteiger partial charge in [0.2, 0.25) is 0 Å². The molecule has 0 fully saturated rings. The fourth-order valence-corrected chi connectivity index (χ4v) is 2.61. The molecule has 0 spiro atoms. The first-order valence-corrected chi connectivity index (χ1v) is 7.80. The molecule has 1 atom stereocenters. The van der Waals surface area contributed by atoms with Gasteiger partial charge in [-0.3, -0.25) is 4.68 Å². The second-order valence-electron chi connectivity index (χ2n) is 5.24. The fraction of sp³-hybridized carbons (Fsp3) is 0.562. The molecule has 0 aliphatic carbocycles. The number of hydrogen-bond acceptors (Lipinski definition) is 4. The summed E-state index contributed by atoms with van der Waals surface area (Å²) >= 11 is 0. The largest absolute Gasteiger partial charge is 0.310 e. The van der Waals surface area contributed by atoms with Crippen LogP contribution in [0.4, 0.5) is 0 Å². The highest BCUT2D eigenvalue weighted by molar-refractivity contribution is 5.14. The zero-order valence-corrected chi connectivity index (χ0v) is 13.2. The van der Waals surface area contributed by atoms with Gasteiger partial charge in [0, 0.05) is 36.6 Å². The minimum Gasteiger partial charge on any atom is -0.310 e. The first kappa shape index (κ1) is 15.6. The monoisotopic (exact) mass is 287 g/mol. The molecule has 2 aromatic rings. The van der Waals surface area contributed by atoms with Crippen LogP contribution in [-0.2, 0) is 6.42 Å². The zero-order valence-electron chi connectivity index (χ0n) is 13.2. The highest BCUT2D eigenvalue weighted by atomic mass is 15.3. The highest BCUT2D eigenvalue weighted by Crippen LogP contribution is 2.19. The smallest absolute Gasteiger partial charge is 0.115 e. The SMILES string of the molecule is CCNC(Cc1ccn(C(CC)CC)n1)c1cncnc1. The quantitative estimate of drug-likeness (QED) is 0.811. The average Bonchev–Trinajstić information content (AvgIpc) is 2.97. The number of rotatable bonds is 8. The molecule has 1 unspecified atom stereocenters. The second-order valence-corrected chi connectivity index (χ2v) is 5.24. The highest BCUT2D eigenvalue weighted by Gasteiger charge is 2.14. The molecule has 0 bridgehead atoms. The molecule has 1 N–H and O–H groups in total. The van der Waals surface area contributed by atoms with E-state index in [0.29, 0.717) is 6.04 Å². The van der Waals surface area contributed by atoms with E-state index in [1.807, 2.05) is 12.4 Å². The van der Waals surface area contributed by atoms with Gasteiger partial charge in [0.15, 0.2) is 0 Å². The maximum Gasteiger partial charge on any atom is 0.115 e. The minimum atomic E-state index is 0.209. The molecule has 0 saturated heterocycles. The van der Waals surface area contributed by atoms with Crippen molar-refractivity contribution in [2.45, 2.75) is 52.1 Å². The summed E-state index contributed by atoms with van der Waals surface area (Å²) in [6.07, 6.45) is 10.5. The maximum absolute atomic E-state index is 4.74. The van der Waals surface area contributed by atoms with Crippen molar-refractivity contribution < 1.29 is 0 Å². The van der Waals surface area contributed by atoms with E-state index in [-0.39, 0.29) is 6.04 Å². The van der Waals surface area contributed by atoms with Crippen LogP contribution in [-0.4, -0.2) is 26.3 Å². The lowest BCUT2D eigenvalue weighted by Crippen LogP contribution is -2.23. The van der Waals surface area contributed by atoms with Crippen molar-refractivity contribution in [2.75, 3.05) is 6.54 Å². The molecule has 114 valence electrons. The molecule has 0 amide bonds. The standard InChI is InChI=1S/C16H25N5/c1-4-15(5-2)21-8-7-14(20-21)9-16(19-6-3)13-10-17-12-18-11-13/h7-8,10-12,15-16,19H,4-6,9H2,1-3H3. The Hall–Kier alpha value is -1.75. The molecule has 0 aliphatic rings. The summed E-state index contributed by atoms with van der Waals surface area (Å²) in [5.74, 6) is 0. The number of hydrogen-bond donors (Lipinski definition) is 1. The topological polar surface area (TPSA) is 55.6 Å². The van der Waals surface area contributed by atoms with E-state index in [4.69, 9.17) is 5.10 Å². The Bertz CT molecular complexity index is 518. The Morgan fingerprint density at radius 2 is 1.86 bits per heavy atom. The van der Waals surface area contributed by atoms with Crippen LogP contribution < -0.4 is 5.32 Å². The van der Waals surface area contributed by atoms with Gasteiger partial charge in [-0.2, -0.15) is 5.10 Å². The number of nitrogens with zero attached hydrogens (tertiary/aromatic N) is 4. The lowest BCUT2D eigenvalue weighted by molar-refractivity contribution is 0.422. The summed E-state index contributed by atoms with van der Waals surface area (Å²) in [4.78, 5) is 8.23. The Kier molecular flexibility index (Phi) is 5.87. The number of likely N-dealkylation sites (N-methyl/N-ethyl adjacent to an activating group) is 1. The van der Waals surface area contributed by atoms with Crippen LogP contribution in [0.2, 0.25) is 0 Å². The average molecular weight is 287 g/mol. The van der Waals surface area contributed by atoms with Crippen LogP contribution in [0.25, 0.3) is 0 Å². The molecule has 2 heterocycles. The zero-order chi connectivity index (χ0) is 15.1. The summed E-state index contributed by atoms with van der Waals surface area (Å²) in [6.45, 7) is 7.43. The van der Waals surface area contributed by atoms with Gasteiger partial charge in [-0.15, -0.1) is 0 Å². The van der Waals surface area contributed by atoms with Crippen LogP contribution in [0.5, 0.6) is 0 Å². The molecule has 5 heteroatoms. The first-order chi connectivity index (χ1) is 10.3. The van der Waals surface area contributed by atoms with Crippen LogP contribution in [0.1, 0.15) is 57.0 Å². The summed E-state index contributed by atoms with van der Waals surface area (Å²) in [7, 11) is 0. The molecular weight excluding hydrogens is 262 g/mol. The molecule has 0 aliphatic heterocycles. The number of nitrogens with one attached hydrogen (secondary N) is 1. The van der Waals surface area contributed by atoms with Crippen LogP contribution in [0.15, 0.2) is 31.0 Å². The van der Waals surface area contributed by atoms with Gasteiger partial charge in [-0.05, 0) is 25.5 Å². The molecule has 0 aromatic carbocycles. The fourth-order valence-electron chi connectivity index (χ4n) is 2.61. The Morgan fingerprint density at radius 1 is 1.14 bits per heavy atom.